The summed E-state index contributed by atoms with van der Waals surface area (Å²) in [5.41, 5.74) is 1.29. The van der Waals surface area contributed by atoms with Gasteiger partial charge in [-0.15, -0.1) is 0 Å². The van der Waals surface area contributed by atoms with E-state index in [-0.39, 0.29) is 16.8 Å². The normalized spacial score (nSPS) is 16.9. The number of pyridine rings is 1. The molecule has 8 nitrogen and oxygen atoms in total. The summed E-state index contributed by atoms with van der Waals surface area (Å²) in [6.07, 6.45) is 9.57. The van der Waals surface area contributed by atoms with Crippen LogP contribution in [0.2, 0.25) is 5.15 Å². The first kappa shape index (κ1) is 18.5. The zero-order valence-electron chi connectivity index (χ0n) is 15.3. The molecule has 0 atom stereocenters. The summed E-state index contributed by atoms with van der Waals surface area (Å²) in [5.74, 6) is -0.989. The van der Waals surface area contributed by atoms with Gasteiger partial charge in [0, 0.05) is 18.7 Å². The molecule has 0 aromatic carbocycles. The lowest BCUT2D eigenvalue weighted by atomic mass is 10.00. The lowest BCUT2D eigenvalue weighted by Crippen LogP contribution is -2.29. The molecule has 4 rings (SSSR count). The average Bonchev–Trinajstić information content (AvgIpc) is 3.38. The maximum Gasteiger partial charge on any atom is 0.278 e. The van der Waals surface area contributed by atoms with Crippen molar-refractivity contribution in [2.24, 2.45) is 0 Å². The molecule has 1 amide bonds. The van der Waals surface area contributed by atoms with E-state index in [1.54, 1.807) is 18.3 Å². The van der Waals surface area contributed by atoms with Crippen LogP contribution in [-0.4, -0.2) is 26.9 Å². The second-order valence-electron chi connectivity index (χ2n) is 6.70. The number of aromatic nitrogens is 3. The molecule has 0 bridgehead atoms. The molecular formula is C19H20ClN5O3. The second kappa shape index (κ2) is 7.63. The number of rotatable bonds is 7. The predicted molar refractivity (Wildman–Crippen MR) is 104 cm³/mol. The molecule has 0 unspecified atom stereocenters. The Morgan fingerprint density at radius 1 is 1.32 bits per heavy atom. The van der Waals surface area contributed by atoms with E-state index in [0.29, 0.717) is 29.7 Å². The van der Waals surface area contributed by atoms with Gasteiger partial charge in [-0.05, 0) is 31.4 Å². The van der Waals surface area contributed by atoms with Crippen molar-refractivity contribution in [2.45, 2.75) is 44.4 Å². The molecule has 2 N–H and O–H groups in total. The number of ether oxygens (including phenoxy) is 2. The Balaban J connectivity index is 1.60. The first-order valence-corrected chi connectivity index (χ1v) is 9.55. The van der Waals surface area contributed by atoms with Crippen molar-refractivity contribution in [3.8, 4) is 0 Å². The van der Waals surface area contributed by atoms with Gasteiger partial charge < -0.3 is 20.1 Å². The van der Waals surface area contributed by atoms with Crippen LogP contribution < -0.4 is 10.6 Å². The van der Waals surface area contributed by atoms with Crippen LogP contribution in [0.1, 0.15) is 48.7 Å². The van der Waals surface area contributed by atoms with Gasteiger partial charge in [-0.2, -0.15) is 0 Å². The molecule has 0 spiro atoms. The van der Waals surface area contributed by atoms with E-state index in [2.05, 4.69) is 25.6 Å². The Kier molecular flexibility index (Phi) is 5.04. The maximum atomic E-state index is 12.8. The highest BCUT2D eigenvalue weighted by Crippen LogP contribution is 2.41. The Bertz CT molecular complexity index is 908. The molecule has 1 aliphatic carbocycles. The molecule has 2 aliphatic rings. The van der Waals surface area contributed by atoms with Gasteiger partial charge in [0.1, 0.15) is 23.4 Å². The van der Waals surface area contributed by atoms with E-state index in [0.717, 1.165) is 19.3 Å². The first-order chi connectivity index (χ1) is 13.6. The third-order valence-electron chi connectivity index (χ3n) is 4.48. The lowest BCUT2D eigenvalue weighted by molar-refractivity contribution is -0.154. The first-order valence-electron chi connectivity index (χ1n) is 9.17. The third-order valence-corrected chi connectivity index (χ3v) is 4.69. The van der Waals surface area contributed by atoms with E-state index >= 15 is 0 Å². The maximum absolute atomic E-state index is 12.8. The van der Waals surface area contributed by atoms with Crippen LogP contribution in [0, 0.1) is 0 Å². The number of anilines is 2. The van der Waals surface area contributed by atoms with E-state index in [1.165, 1.54) is 18.7 Å². The summed E-state index contributed by atoms with van der Waals surface area (Å²) in [6.45, 7) is 2.02. The number of carbonyl (C=O) groups excluding carboxylic acids is 1. The van der Waals surface area contributed by atoms with Gasteiger partial charge in [0.25, 0.3) is 11.7 Å². The van der Waals surface area contributed by atoms with Crippen molar-refractivity contribution in [3.05, 3.63) is 53.5 Å². The molecule has 2 aromatic rings. The Morgan fingerprint density at radius 2 is 2.11 bits per heavy atom. The number of nitrogens with one attached hydrogen (secondary N) is 2. The highest BCUT2D eigenvalue weighted by atomic mass is 35.5. The standard InChI is InChI=1S/C19H20ClN5O3/c1-2-6-19(27-8-9-28-19)13-10-16(20)22-11-15(13)24-17(26)14-5-7-21-18(25-14)23-12-3-4-12/h5,7-12H,2-4,6H2,1H3,(H,24,26)(H,21,23,25). The number of hydrogen-bond acceptors (Lipinski definition) is 7. The van der Waals surface area contributed by atoms with Crippen LogP contribution in [0.4, 0.5) is 11.6 Å². The summed E-state index contributed by atoms with van der Waals surface area (Å²) < 4.78 is 11.5. The van der Waals surface area contributed by atoms with Gasteiger partial charge >= 0.3 is 0 Å². The Morgan fingerprint density at radius 3 is 2.82 bits per heavy atom. The van der Waals surface area contributed by atoms with Crippen LogP contribution >= 0.6 is 11.6 Å². The zero-order valence-corrected chi connectivity index (χ0v) is 16.1. The highest BCUT2D eigenvalue weighted by Gasteiger charge is 2.40. The van der Waals surface area contributed by atoms with Crippen molar-refractivity contribution in [1.82, 2.24) is 15.0 Å². The van der Waals surface area contributed by atoms with Crippen LogP contribution in [0.15, 0.2) is 37.1 Å². The number of carbonyl (C=O) groups is 1. The summed E-state index contributed by atoms with van der Waals surface area (Å²) in [6, 6.07) is 3.59. The van der Waals surface area contributed by atoms with Crippen molar-refractivity contribution < 1.29 is 14.3 Å². The molecule has 1 fully saturated rings. The molecule has 3 heterocycles. The summed E-state index contributed by atoms with van der Waals surface area (Å²) in [4.78, 5) is 25.3. The van der Waals surface area contributed by atoms with Gasteiger partial charge in [0.15, 0.2) is 0 Å². The van der Waals surface area contributed by atoms with Crippen molar-refractivity contribution >= 4 is 29.1 Å². The molecule has 146 valence electrons. The topological polar surface area (TPSA) is 98.3 Å². The Hall–Kier alpha value is -2.87. The minimum atomic E-state index is -1.05. The molecular weight excluding hydrogens is 382 g/mol. The average molecular weight is 402 g/mol. The minimum Gasteiger partial charge on any atom is -0.453 e. The van der Waals surface area contributed by atoms with Crippen molar-refractivity contribution in [1.29, 1.82) is 0 Å². The summed E-state index contributed by atoms with van der Waals surface area (Å²) in [5, 5.41) is 6.30. The quantitative estimate of drug-likeness (QED) is 0.680. The molecule has 1 saturated carbocycles. The van der Waals surface area contributed by atoms with E-state index in [9.17, 15) is 4.79 Å². The molecule has 0 saturated heterocycles. The van der Waals surface area contributed by atoms with Gasteiger partial charge in [-0.1, -0.05) is 18.5 Å². The number of hydrogen-bond donors (Lipinski definition) is 2. The largest absolute Gasteiger partial charge is 0.453 e. The fourth-order valence-electron chi connectivity index (χ4n) is 3.01. The van der Waals surface area contributed by atoms with Gasteiger partial charge in [0.05, 0.1) is 17.4 Å². The van der Waals surface area contributed by atoms with E-state index < -0.39 is 5.79 Å². The van der Waals surface area contributed by atoms with Crippen molar-refractivity contribution in [3.63, 3.8) is 0 Å². The fourth-order valence-corrected chi connectivity index (χ4v) is 3.17. The van der Waals surface area contributed by atoms with Crippen LogP contribution in [0.25, 0.3) is 0 Å². The number of nitrogens with zero attached hydrogens (tertiary/aromatic N) is 3. The predicted octanol–water partition coefficient (Wildman–Crippen LogP) is 3.82. The zero-order chi connectivity index (χ0) is 19.6. The molecule has 2 aromatic heterocycles. The summed E-state index contributed by atoms with van der Waals surface area (Å²) in [7, 11) is 0. The molecule has 0 radical (unpaired) electrons. The third kappa shape index (κ3) is 3.87. The minimum absolute atomic E-state index is 0.245. The SMILES string of the molecule is CCCC1(c2cc(Cl)ncc2NC(=O)c2ccnc(NC3CC3)n2)OC=CO1. The highest BCUT2D eigenvalue weighted by molar-refractivity contribution is 6.29. The fraction of sp³-hybridized carbons (Fsp3) is 0.368. The molecule has 28 heavy (non-hydrogen) atoms. The number of halogens is 1. The van der Waals surface area contributed by atoms with Crippen LogP contribution in [0.3, 0.4) is 0 Å². The summed E-state index contributed by atoms with van der Waals surface area (Å²) >= 11 is 6.10. The van der Waals surface area contributed by atoms with Gasteiger partial charge in [-0.3, -0.25) is 4.79 Å². The van der Waals surface area contributed by atoms with Crippen LogP contribution in [0.5, 0.6) is 0 Å². The second-order valence-corrected chi connectivity index (χ2v) is 7.09. The van der Waals surface area contributed by atoms with Gasteiger partial charge in [-0.25, -0.2) is 15.0 Å². The molecule has 1 aliphatic heterocycles. The van der Waals surface area contributed by atoms with Crippen molar-refractivity contribution in [2.75, 3.05) is 10.6 Å². The van der Waals surface area contributed by atoms with E-state index in [4.69, 9.17) is 21.1 Å². The smallest absolute Gasteiger partial charge is 0.278 e. The van der Waals surface area contributed by atoms with Crippen LogP contribution in [-0.2, 0) is 15.3 Å². The Labute approximate surface area is 167 Å². The molecule has 9 heteroatoms. The number of amides is 1. The lowest BCUT2D eigenvalue weighted by Gasteiger charge is -2.29. The van der Waals surface area contributed by atoms with E-state index in [1.807, 2.05) is 6.92 Å². The van der Waals surface area contributed by atoms with Gasteiger partial charge in [0.2, 0.25) is 5.95 Å². The monoisotopic (exact) mass is 401 g/mol.